The Hall–Kier alpha value is -0.0800. The van der Waals surface area contributed by atoms with Crippen molar-refractivity contribution in [3.8, 4) is 0 Å². The van der Waals surface area contributed by atoms with Gasteiger partial charge in [0.1, 0.15) is 0 Å². The molecule has 0 radical (unpaired) electrons. The zero-order valence-corrected chi connectivity index (χ0v) is 10.2. The first-order chi connectivity index (χ1) is 6.81. The number of hydrogen-bond acceptors (Lipinski definition) is 2. The van der Waals surface area contributed by atoms with Crippen molar-refractivity contribution in [2.45, 2.75) is 46.0 Å². The third kappa shape index (κ3) is 10.0. The molecule has 0 aromatic rings. The van der Waals surface area contributed by atoms with Gasteiger partial charge in [0, 0.05) is 19.8 Å². The number of ether oxygens (including phenoxy) is 1. The molecule has 0 aromatic carbocycles. The van der Waals surface area contributed by atoms with E-state index in [9.17, 15) is 0 Å². The third-order valence-electron chi connectivity index (χ3n) is 2.51. The topological polar surface area (TPSA) is 12.5 Å². The van der Waals surface area contributed by atoms with Crippen molar-refractivity contribution in [1.29, 1.82) is 0 Å². The zero-order chi connectivity index (χ0) is 10.6. The summed E-state index contributed by atoms with van der Waals surface area (Å²) in [5.74, 6) is 0. The number of nitrogens with zero attached hydrogens (tertiary/aromatic N) is 1. The number of unbranched alkanes of at least 4 members (excludes halogenated alkanes) is 3. The fourth-order valence-corrected chi connectivity index (χ4v) is 1.33. The van der Waals surface area contributed by atoms with Gasteiger partial charge in [0.15, 0.2) is 0 Å². The van der Waals surface area contributed by atoms with E-state index < -0.39 is 0 Å². The molecule has 0 saturated carbocycles. The van der Waals surface area contributed by atoms with Crippen LogP contribution in [0.1, 0.15) is 46.0 Å². The molecular weight excluding hydrogens is 174 g/mol. The van der Waals surface area contributed by atoms with Gasteiger partial charge in [0.05, 0.1) is 0 Å². The van der Waals surface area contributed by atoms with Crippen LogP contribution in [0.5, 0.6) is 0 Å². The Morgan fingerprint density at radius 3 is 2.29 bits per heavy atom. The Balaban J connectivity index is 2.92. The quantitative estimate of drug-likeness (QED) is 0.504. The molecule has 2 nitrogen and oxygen atoms in total. The Kier molecular flexibility index (Phi) is 10.9. The molecule has 0 N–H and O–H groups in total. The molecule has 0 aliphatic rings. The van der Waals surface area contributed by atoms with Crippen molar-refractivity contribution in [3.05, 3.63) is 0 Å². The molecule has 0 saturated heterocycles. The van der Waals surface area contributed by atoms with Crippen LogP contribution >= 0.6 is 0 Å². The van der Waals surface area contributed by atoms with E-state index in [-0.39, 0.29) is 0 Å². The molecule has 0 bridgehead atoms. The monoisotopic (exact) mass is 201 g/mol. The van der Waals surface area contributed by atoms with Gasteiger partial charge in [-0.05, 0) is 26.4 Å². The van der Waals surface area contributed by atoms with Gasteiger partial charge >= 0.3 is 0 Å². The molecule has 0 unspecified atom stereocenters. The van der Waals surface area contributed by atoms with Crippen LogP contribution in [0.25, 0.3) is 0 Å². The summed E-state index contributed by atoms with van der Waals surface area (Å²) in [4.78, 5) is 2.32. The molecule has 0 fully saturated rings. The molecule has 0 heterocycles. The number of hydrogen-bond donors (Lipinski definition) is 0. The SMILES string of the molecule is CCCCCCOCCCN(C)CC. The van der Waals surface area contributed by atoms with Crippen molar-refractivity contribution in [2.24, 2.45) is 0 Å². The van der Waals surface area contributed by atoms with E-state index in [4.69, 9.17) is 4.74 Å². The van der Waals surface area contributed by atoms with Crippen molar-refractivity contribution in [2.75, 3.05) is 33.4 Å². The van der Waals surface area contributed by atoms with E-state index in [2.05, 4.69) is 25.8 Å². The summed E-state index contributed by atoms with van der Waals surface area (Å²) in [6, 6.07) is 0. The van der Waals surface area contributed by atoms with Crippen LogP contribution in [-0.2, 0) is 4.74 Å². The highest BCUT2D eigenvalue weighted by Crippen LogP contribution is 1.99. The highest BCUT2D eigenvalue weighted by atomic mass is 16.5. The van der Waals surface area contributed by atoms with E-state index >= 15 is 0 Å². The predicted molar refractivity (Wildman–Crippen MR) is 62.7 cm³/mol. The van der Waals surface area contributed by atoms with Gasteiger partial charge in [0.2, 0.25) is 0 Å². The summed E-state index contributed by atoms with van der Waals surface area (Å²) < 4.78 is 5.55. The van der Waals surface area contributed by atoms with Crippen LogP contribution in [-0.4, -0.2) is 38.3 Å². The molecule has 0 atom stereocenters. The lowest BCUT2D eigenvalue weighted by Gasteiger charge is -2.13. The van der Waals surface area contributed by atoms with Gasteiger partial charge in [-0.3, -0.25) is 0 Å². The van der Waals surface area contributed by atoms with E-state index in [1.807, 2.05) is 0 Å². The third-order valence-corrected chi connectivity index (χ3v) is 2.51. The Morgan fingerprint density at radius 2 is 1.64 bits per heavy atom. The minimum absolute atomic E-state index is 0.927. The Morgan fingerprint density at radius 1 is 0.929 bits per heavy atom. The summed E-state index contributed by atoms with van der Waals surface area (Å²) >= 11 is 0. The molecule has 0 amide bonds. The predicted octanol–water partition coefficient (Wildman–Crippen LogP) is 2.93. The van der Waals surface area contributed by atoms with Crippen LogP contribution in [0.3, 0.4) is 0 Å². The Bertz CT molecular complexity index is 106. The number of rotatable bonds is 10. The van der Waals surface area contributed by atoms with Crippen molar-refractivity contribution >= 4 is 0 Å². The summed E-state index contributed by atoms with van der Waals surface area (Å²) in [7, 11) is 2.15. The van der Waals surface area contributed by atoms with Crippen molar-refractivity contribution in [3.63, 3.8) is 0 Å². The summed E-state index contributed by atoms with van der Waals surface area (Å²) in [5.41, 5.74) is 0. The highest BCUT2D eigenvalue weighted by molar-refractivity contribution is 4.47. The average molecular weight is 201 g/mol. The van der Waals surface area contributed by atoms with Crippen LogP contribution in [0.2, 0.25) is 0 Å². The second-order valence-corrected chi connectivity index (χ2v) is 3.92. The summed E-state index contributed by atoms with van der Waals surface area (Å²) in [5, 5.41) is 0. The van der Waals surface area contributed by atoms with Gasteiger partial charge in [-0.15, -0.1) is 0 Å². The molecular formula is C12H27NO. The molecule has 86 valence electrons. The average Bonchev–Trinajstić information content (AvgIpc) is 2.21. The van der Waals surface area contributed by atoms with Crippen LogP contribution < -0.4 is 0 Å². The van der Waals surface area contributed by atoms with Crippen molar-refractivity contribution in [1.82, 2.24) is 4.90 Å². The zero-order valence-electron chi connectivity index (χ0n) is 10.2. The molecule has 0 aliphatic heterocycles. The van der Waals surface area contributed by atoms with Gasteiger partial charge in [0.25, 0.3) is 0 Å². The highest BCUT2D eigenvalue weighted by Gasteiger charge is 1.94. The first kappa shape index (κ1) is 13.9. The molecule has 2 heteroatoms. The van der Waals surface area contributed by atoms with Gasteiger partial charge in [-0.1, -0.05) is 33.1 Å². The van der Waals surface area contributed by atoms with Crippen LogP contribution in [0.4, 0.5) is 0 Å². The van der Waals surface area contributed by atoms with Crippen molar-refractivity contribution < 1.29 is 4.74 Å². The summed E-state index contributed by atoms with van der Waals surface area (Å²) in [6.07, 6.45) is 6.38. The minimum atomic E-state index is 0.927. The lowest BCUT2D eigenvalue weighted by Crippen LogP contribution is -2.20. The smallest absolute Gasteiger partial charge is 0.0478 e. The fourth-order valence-electron chi connectivity index (χ4n) is 1.33. The first-order valence-corrected chi connectivity index (χ1v) is 6.07. The first-order valence-electron chi connectivity index (χ1n) is 6.07. The maximum atomic E-state index is 5.55. The summed E-state index contributed by atoms with van der Waals surface area (Å²) in [6.45, 7) is 8.60. The normalized spacial score (nSPS) is 11.1. The van der Waals surface area contributed by atoms with Crippen LogP contribution in [0.15, 0.2) is 0 Å². The standard InChI is InChI=1S/C12H27NO/c1-4-6-7-8-11-14-12-9-10-13(3)5-2/h4-12H2,1-3H3. The second-order valence-electron chi connectivity index (χ2n) is 3.92. The molecule has 0 rings (SSSR count). The molecule has 0 aliphatic carbocycles. The van der Waals surface area contributed by atoms with Gasteiger partial charge < -0.3 is 9.64 Å². The molecule has 0 aromatic heterocycles. The second kappa shape index (κ2) is 11.0. The van der Waals surface area contributed by atoms with Gasteiger partial charge in [-0.25, -0.2) is 0 Å². The molecule has 0 spiro atoms. The van der Waals surface area contributed by atoms with E-state index in [1.54, 1.807) is 0 Å². The van der Waals surface area contributed by atoms with Gasteiger partial charge in [-0.2, -0.15) is 0 Å². The van der Waals surface area contributed by atoms with E-state index in [0.717, 1.165) is 32.7 Å². The largest absolute Gasteiger partial charge is 0.381 e. The Labute approximate surface area is 89.6 Å². The van der Waals surface area contributed by atoms with Crippen LogP contribution in [0, 0.1) is 0 Å². The maximum Gasteiger partial charge on any atom is 0.0478 e. The fraction of sp³-hybridized carbons (Fsp3) is 1.00. The molecule has 14 heavy (non-hydrogen) atoms. The van der Waals surface area contributed by atoms with E-state index in [0.29, 0.717) is 0 Å². The van der Waals surface area contributed by atoms with E-state index in [1.165, 1.54) is 25.7 Å². The maximum absolute atomic E-state index is 5.55. The lowest BCUT2D eigenvalue weighted by atomic mass is 10.2. The lowest BCUT2D eigenvalue weighted by molar-refractivity contribution is 0.120. The minimum Gasteiger partial charge on any atom is -0.381 e.